The Bertz CT molecular complexity index is 1940. The first-order valence-corrected chi connectivity index (χ1v) is 19.7. The summed E-state index contributed by atoms with van der Waals surface area (Å²) in [7, 11) is 0. The van der Waals surface area contributed by atoms with E-state index < -0.39 is 0 Å². The highest BCUT2D eigenvalue weighted by Gasteiger charge is 2.12. The van der Waals surface area contributed by atoms with E-state index in [9.17, 15) is 0 Å². The van der Waals surface area contributed by atoms with Gasteiger partial charge in [-0.25, -0.2) is 0 Å². The molecule has 0 fully saturated rings. The molecule has 0 bridgehead atoms. The van der Waals surface area contributed by atoms with Crippen molar-refractivity contribution in [2.75, 3.05) is 0 Å². The fourth-order valence-corrected chi connectivity index (χ4v) is 6.52. The van der Waals surface area contributed by atoms with Gasteiger partial charge in [-0.1, -0.05) is 178 Å². The molecule has 2 nitrogen and oxygen atoms in total. The van der Waals surface area contributed by atoms with Gasteiger partial charge in [-0.2, -0.15) is 0 Å². The summed E-state index contributed by atoms with van der Waals surface area (Å²) in [4.78, 5) is 9.61. The summed E-state index contributed by atoms with van der Waals surface area (Å²) in [5.41, 5.74) is 12.5. The Morgan fingerprint density at radius 1 is 0.855 bits per heavy atom. The molecule has 1 unspecified atom stereocenters. The molecule has 2 aromatic carbocycles. The monoisotopic (exact) mass is 726 g/mol. The maximum atomic E-state index is 5.20. The van der Waals surface area contributed by atoms with Gasteiger partial charge in [0, 0.05) is 23.6 Å². The van der Waals surface area contributed by atoms with Gasteiger partial charge >= 0.3 is 0 Å². The SMILES string of the molecule is C=C\C=C/C(=C\CC(=C)/C=C(\C=C/C)C1C=CCCC1)C(/C)=C/Cc1cccc(CN=C(/C=C(\N=C)c2ccccc2)CC(/C=C\C)=C(\C=C/C=C)CC)c1. The maximum Gasteiger partial charge on any atom is 0.0712 e. The lowest BCUT2D eigenvalue weighted by molar-refractivity contribution is 0.613. The average Bonchev–Trinajstić information content (AvgIpc) is 3.21. The molecule has 0 aliphatic heterocycles. The molecule has 0 saturated carbocycles. The van der Waals surface area contributed by atoms with Crippen LogP contribution >= 0.6 is 0 Å². The molecule has 55 heavy (non-hydrogen) atoms. The first kappa shape index (κ1) is 43.8. The summed E-state index contributed by atoms with van der Waals surface area (Å²) in [6.07, 6.45) is 41.0. The van der Waals surface area contributed by atoms with Crippen molar-refractivity contribution >= 4 is 18.1 Å². The van der Waals surface area contributed by atoms with E-state index in [1.54, 1.807) is 0 Å². The third kappa shape index (κ3) is 15.7. The lowest BCUT2D eigenvalue weighted by atomic mass is 9.87. The molecule has 1 atom stereocenters. The molecule has 0 radical (unpaired) electrons. The molecule has 2 heteroatoms. The number of hydrogen-bond acceptors (Lipinski definition) is 2. The predicted octanol–water partition coefficient (Wildman–Crippen LogP) is 14.7. The molecular formula is C53H62N2. The minimum atomic E-state index is 0.471. The average molecular weight is 727 g/mol. The van der Waals surface area contributed by atoms with Crippen molar-refractivity contribution in [2.24, 2.45) is 15.9 Å². The standard InChI is InChI=1S/C53H62N2/c1-9-14-27-46(13-5)51(24-12-4)39-52(40-53(54-8)49-31-20-17-21-32-49)55-41-45-26-22-25-44(38-45)35-34-43(7)47(28-15-10-2)36-33-42(6)37-50(23-11-3)48-29-18-16-19-30-48/h9-12,14-15,17-18,20-29,31-32,34,36-38,40,48H,1-2,6,8,13,16,19,30,33,35,39,41H2,3-5,7H3/b23-11-,24-12-,27-14-,28-15-,43-34+,47-36+,50-37+,51-46-,53-40-,55-52?. The van der Waals surface area contributed by atoms with E-state index in [4.69, 9.17) is 4.99 Å². The van der Waals surface area contributed by atoms with Crippen LogP contribution in [0.15, 0.2) is 215 Å². The molecule has 0 saturated heterocycles. The highest BCUT2D eigenvalue weighted by molar-refractivity contribution is 6.02. The van der Waals surface area contributed by atoms with Crippen molar-refractivity contribution in [3.05, 3.63) is 222 Å². The van der Waals surface area contributed by atoms with Gasteiger partial charge in [0.15, 0.2) is 0 Å². The highest BCUT2D eigenvalue weighted by atomic mass is 14.8. The van der Waals surface area contributed by atoms with E-state index >= 15 is 0 Å². The van der Waals surface area contributed by atoms with E-state index in [0.29, 0.717) is 18.9 Å². The van der Waals surface area contributed by atoms with Crippen LogP contribution in [0.5, 0.6) is 0 Å². The van der Waals surface area contributed by atoms with Crippen LogP contribution in [0, 0.1) is 5.92 Å². The first-order chi connectivity index (χ1) is 26.8. The van der Waals surface area contributed by atoms with Gasteiger partial charge in [-0.3, -0.25) is 9.98 Å². The van der Waals surface area contributed by atoms with Gasteiger partial charge in [0.05, 0.1) is 12.2 Å². The molecule has 3 rings (SSSR count). The number of benzene rings is 2. The van der Waals surface area contributed by atoms with Crippen LogP contribution in [0.2, 0.25) is 0 Å². The Morgan fingerprint density at radius 2 is 1.60 bits per heavy atom. The largest absolute Gasteiger partial charge is 0.285 e. The van der Waals surface area contributed by atoms with Crippen molar-refractivity contribution in [1.82, 2.24) is 0 Å². The Hall–Kier alpha value is -5.60. The van der Waals surface area contributed by atoms with Gasteiger partial charge in [-0.05, 0) is 111 Å². The molecule has 1 aliphatic rings. The van der Waals surface area contributed by atoms with Crippen LogP contribution in [0.4, 0.5) is 0 Å². The van der Waals surface area contributed by atoms with Crippen molar-refractivity contribution in [1.29, 1.82) is 0 Å². The highest BCUT2D eigenvalue weighted by Crippen LogP contribution is 2.27. The first-order valence-electron chi connectivity index (χ1n) is 19.7. The third-order valence-corrected chi connectivity index (χ3v) is 9.47. The zero-order valence-corrected chi connectivity index (χ0v) is 33.9. The molecule has 0 spiro atoms. The molecule has 0 N–H and O–H groups in total. The van der Waals surface area contributed by atoms with E-state index in [1.165, 1.54) is 52.7 Å². The molecule has 0 amide bonds. The van der Waals surface area contributed by atoms with Crippen molar-refractivity contribution in [3.63, 3.8) is 0 Å². The number of hydrogen-bond donors (Lipinski definition) is 0. The fourth-order valence-electron chi connectivity index (χ4n) is 6.52. The Morgan fingerprint density at radius 3 is 2.27 bits per heavy atom. The molecule has 0 aromatic heterocycles. The summed E-state index contributed by atoms with van der Waals surface area (Å²) in [6, 6.07) is 18.9. The third-order valence-electron chi connectivity index (χ3n) is 9.47. The van der Waals surface area contributed by atoms with E-state index in [2.05, 4.69) is 168 Å². The van der Waals surface area contributed by atoms with Crippen LogP contribution in [-0.4, -0.2) is 12.4 Å². The van der Waals surface area contributed by atoms with Crippen LogP contribution in [-0.2, 0) is 13.0 Å². The Kier molecular flexibility index (Phi) is 20.2. The molecular weight excluding hydrogens is 665 g/mol. The minimum Gasteiger partial charge on any atom is -0.285 e. The second-order valence-corrected chi connectivity index (χ2v) is 13.7. The fraction of sp³-hybridized carbons (Fsp3) is 0.245. The van der Waals surface area contributed by atoms with Crippen LogP contribution < -0.4 is 0 Å². The minimum absolute atomic E-state index is 0.471. The van der Waals surface area contributed by atoms with E-state index in [-0.39, 0.29) is 0 Å². The number of rotatable bonds is 21. The van der Waals surface area contributed by atoms with Crippen LogP contribution in [0.1, 0.15) is 82.9 Å². The normalized spacial score (nSPS) is 16.7. The van der Waals surface area contributed by atoms with Gasteiger partial charge in [-0.15, -0.1) is 0 Å². The predicted molar refractivity (Wildman–Crippen MR) is 246 cm³/mol. The van der Waals surface area contributed by atoms with Crippen LogP contribution in [0.3, 0.4) is 0 Å². The van der Waals surface area contributed by atoms with E-state index in [1.807, 2.05) is 42.5 Å². The lowest BCUT2D eigenvalue weighted by Crippen LogP contribution is -2.03. The van der Waals surface area contributed by atoms with Crippen molar-refractivity contribution in [3.8, 4) is 0 Å². The number of allylic oxidation sites excluding steroid dienone is 22. The number of aliphatic imine (C=N–C) groups is 2. The zero-order valence-electron chi connectivity index (χ0n) is 33.9. The van der Waals surface area contributed by atoms with Crippen molar-refractivity contribution in [2.45, 2.75) is 79.2 Å². The molecule has 2 aromatic rings. The van der Waals surface area contributed by atoms with Gasteiger partial charge in [0.2, 0.25) is 0 Å². The summed E-state index contributed by atoms with van der Waals surface area (Å²) >= 11 is 0. The van der Waals surface area contributed by atoms with Crippen molar-refractivity contribution < 1.29 is 0 Å². The molecule has 1 aliphatic carbocycles. The van der Waals surface area contributed by atoms with Gasteiger partial charge in [0.1, 0.15) is 0 Å². The maximum absolute atomic E-state index is 5.20. The van der Waals surface area contributed by atoms with Gasteiger partial charge < -0.3 is 0 Å². The topological polar surface area (TPSA) is 24.7 Å². The lowest BCUT2D eigenvalue weighted by Gasteiger charge is -2.18. The van der Waals surface area contributed by atoms with Crippen LogP contribution in [0.25, 0.3) is 5.70 Å². The molecule has 0 heterocycles. The Labute approximate surface area is 333 Å². The number of nitrogens with zero attached hydrogens (tertiary/aromatic N) is 2. The summed E-state index contributed by atoms with van der Waals surface area (Å²) < 4.78 is 0. The smallest absolute Gasteiger partial charge is 0.0712 e. The summed E-state index contributed by atoms with van der Waals surface area (Å²) in [6.45, 7) is 25.2. The quantitative estimate of drug-likeness (QED) is 0.0695. The Balaban J connectivity index is 1.89. The second-order valence-electron chi connectivity index (χ2n) is 13.7. The zero-order chi connectivity index (χ0) is 39.7. The van der Waals surface area contributed by atoms with Gasteiger partial charge in [0.25, 0.3) is 0 Å². The second kappa shape index (κ2) is 25.4. The molecule has 284 valence electrons. The summed E-state index contributed by atoms with van der Waals surface area (Å²) in [5.74, 6) is 0.471. The summed E-state index contributed by atoms with van der Waals surface area (Å²) in [5, 5.41) is 0. The van der Waals surface area contributed by atoms with E-state index in [0.717, 1.165) is 47.4 Å².